The molecule has 0 aliphatic heterocycles. The van der Waals surface area contributed by atoms with Crippen LogP contribution in [-0.2, 0) is 20.3 Å². The average Bonchev–Trinajstić information content (AvgIpc) is 3.26. The highest BCUT2D eigenvalue weighted by Gasteiger charge is 2.35. The zero-order chi connectivity index (χ0) is 44.6. The summed E-state index contributed by atoms with van der Waals surface area (Å²) in [5.41, 5.74) is 0.944. The minimum Gasteiger partial charge on any atom is -0.426 e. The fourth-order valence-electron chi connectivity index (χ4n) is 6.55. The van der Waals surface area contributed by atoms with E-state index in [0.29, 0.717) is 18.7 Å². The molecule has 0 bridgehead atoms. The molecule has 4 aromatic rings. The quantitative estimate of drug-likeness (QED) is 0.0392. The third kappa shape index (κ3) is 12.8. The van der Waals surface area contributed by atoms with E-state index in [-0.39, 0.29) is 50.6 Å². The van der Waals surface area contributed by atoms with Gasteiger partial charge in [0, 0.05) is 60.9 Å². The van der Waals surface area contributed by atoms with Crippen LogP contribution in [0.2, 0.25) is 0 Å². The van der Waals surface area contributed by atoms with E-state index < -0.39 is 49.3 Å². The molecule has 328 valence electrons. The van der Waals surface area contributed by atoms with Gasteiger partial charge in [0.2, 0.25) is 12.6 Å². The lowest BCUT2D eigenvalue weighted by Crippen LogP contribution is -2.33. The first kappa shape index (κ1) is 50.0. The molecule has 4 atom stereocenters. The highest BCUT2D eigenvalue weighted by Crippen LogP contribution is 2.44. The number of hydrogen-bond acceptors (Lipinski definition) is 14. The van der Waals surface area contributed by atoms with Crippen molar-refractivity contribution in [2.75, 3.05) is 64.6 Å². The fourth-order valence-corrected chi connectivity index (χ4v) is 7.09. The first-order valence-electron chi connectivity index (χ1n) is 19.3. The van der Waals surface area contributed by atoms with E-state index in [9.17, 15) is 49.5 Å². The first-order chi connectivity index (χ1) is 28.6. The number of benzene rings is 4. The summed E-state index contributed by atoms with van der Waals surface area (Å²) in [6.45, 7) is 8.65. The fraction of sp³-hybridized carbons (Fsp3) is 0.409. The third-order valence-electron chi connectivity index (χ3n) is 10.3. The number of halogens is 1. The van der Waals surface area contributed by atoms with Crippen molar-refractivity contribution < 1.29 is 64.1 Å². The molecule has 8 N–H and O–H groups in total. The van der Waals surface area contributed by atoms with E-state index in [4.69, 9.17) is 14.6 Å². The maximum absolute atomic E-state index is 14.9. The van der Waals surface area contributed by atoms with Gasteiger partial charge in [-0.05, 0) is 39.9 Å². The number of nitrogens with zero attached hydrogens (tertiary/aromatic N) is 2. The highest BCUT2D eigenvalue weighted by molar-refractivity contribution is 7.84. The van der Waals surface area contributed by atoms with Crippen LogP contribution in [0.1, 0.15) is 85.4 Å². The van der Waals surface area contributed by atoms with Crippen molar-refractivity contribution in [3.63, 3.8) is 0 Å². The Labute approximate surface area is 351 Å². The summed E-state index contributed by atoms with van der Waals surface area (Å²) in [6.07, 6.45) is -4.78. The molecule has 0 fully saturated rings. The molecule has 0 saturated heterocycles. The monoisotopic (exact) mass is 856 g/mol. The van der Waals surface area contributed by atoms with Crippen LogP contribution in [0, 0.1) is 0 Å². The number of carbonyl (C=O) groups excluding carboxylic acids is 2. The van der Waals surface area contributed by atoms with Crippen LogP contribution in [0.4, 0.5) is 19.5 Å². The SMILES string of the molecule is CC(C)(c1ccc(C(O)OC(=O)P(F)C(=O)OC(O)c2ccc(C(C)(C)c3ccc(N(CCO)CCO)cc3)cc2)cc1)c1ccc(C(O)N(CCO)CCO)cc1.CO. The van der Waals surface area contributed by atoms with Crippen LogP contribution in [-0.4, -0.2) is 117 Å². The predicted octanol–water partition coefficient (Wildman–Crippen LogP) is 5.34. The van der Waals surface area contributed by atoms with E-state index in [1.54, 1.807) is 41.3 Å². The highest BCUT2D eigenvalue weighted by atomic mass is 31.2. The van der Waals surface area contributed by atoms with Gasteiger partial charge in [0.1, 0.15) is 6.23 Å². The Morgan fingerprint density at radius 1 is 0.550 bits per heavy atom. The molecule has 16 heteroatoms. The van der Waals surface area contributed by atoms with Crippen LogP contribution < -0.4 is 4.90 Å². The molecule has 0 aliphatic rings. The number of hydrogen-bond donors (Lipinski definition) is 8. The lowest BCUT2D eigenvalue weighted by atomic mass is 9.77. The summed E-state index contributed by atoms with van der Waals surface area (Å²) in [5, 5.41) is 76.2. The van der Waals surface area contributed by atoms with E-state index in [1.807, 2.05) is 69.0 Å². The second-order valence-electron chi connectivity index (χ2n) is 14.7. The molecule has 0 radical (unpaired) electrons. The molecule has 0 amide bonds. The van der Waals surface area contributed by atoms with E-state index in [2.05, 4.69) is 0 Å². The molecule has 0 heterocycles. The zero-order valence-electron chi connectivity index (χ0n) is 34.6. The lowest BCUT2D eigenvalue weighted by Gasteiger charge is -2.29. The van der Waals surface area contributed by atoms with Gasteiger partial charge in [0.15, 0.2) is 0 Å². The van der Waals surface area contributed by atoms with E-state index >= 15 is 0 Å². The maximum atomic E-state index is 14.9. The number of rotatable bonds is 21. The number of ether oxygens (including phenoxy) is 2. The Bertz CT molecular complexity index is 1890. The Morgan fingerprint density at radius 3 is 1.17 bits per heavy atom. The molecule has 0 spiro atoms. The average molecular weight is 857 g/mol. The molecule has 0 aliphatic carbocycles. The van der Waals surface area contributed by atoms with Gasteiger partial charge in [-0.3, -0.25) is 4.90 Å². The summed E-state index contributed by atoms with van der Waals surface area (Å²) >= 11 is 0. The van der Waals surface area contributed by atoms with Crippen LogP contribution in [0.25, 0.3) is 0 Å². The summed E-state index contributed by atoms with van der Waals surface area (Å²) in [5.74, 6) is 0. The van der Waals surface area contributed by atoms with Crippen LogP contribution in [0.5, 0.6) is 0 Å². The van der Waals surface area contributed by atoms with Crippen LogP contribution in [0.15, 0.2) is 97.1 Å². The molecular formula is C44H58FN2O12P. The van der Waals surface area contributed by atoms with Gasteiger partial charge < -0.3 is 55.2 Å². The van der Waals surface area contributed by atoms with Gasteiger partial charge in [0.05, 0.1) is 26.4 Å². The molecule has 0 aromatic heterocycles. The zero-order valence-corrected chi connectivity index (χ0v) is 35.5. The summed E-state index contributed by atoms with van der Waals surface area (Å²) in [7, 11) is -2.71. The van der Waals surface area contributed by atoms with Crippen LogP contribution >= 0.6 is 8.23 Å². The summed E-state index contributed by atoms with van der Waals surface area (Å²) in [6, 6.07) is 27.9. The van der Waals surface area contributed by atoms with Crippen molar-refractivity contribution in [2.24, 2.45) is 0 Å². The van der Waals surface area contributed by atoms with Crippen molar-refractivity contribution in [1.29, 1.82) is 0 Å². The van der Waals surface area contributed by atoms with Gasteiger partial charge in [-0.25, -0.2) is 13.8 Å². The Balaban J connectivity index is 0.00000473. The van der Waals surface area contributed by atoms with Crippen molar-refractivity contribution in [1.82, 2.24) is 4.90 Å². The normalized spacial score (nSPS) is 13.7. The number of carbonyl (C=O) groups is 2. The molecule has 14 nitrogen and oxygen atoms in total. The second-order valence-corrected chi connectivity index (χ2v) is 16.0. The molecule has 0 saturated carbocycles. The largest absolute Gasteiger partial charge is 0.426 e. The number of aliphatic hydroxyl groups excluding tert-OH is 8. The van der Waals surface area contributed by atoms with Gasteiger partial charge >= 0.3 is 19.7 Å². The van der Waals surface area contributed by atoms with E-state index in [0.717, 1.165) is 35.1 Å². The predicted molar refractivity (Wildman–Crippen MR) is 226 cm³/mol. The Morgan fingerprint density at radius 2 is 0.850 bits per heavy atom. The Hall–Kier alpha value is -4.38. The first-order valence-corrected chi connectivity index (χ1v) is 20.5. The lowest BCUT2D eigenvalue weighted by molar-refractivity contribution is -0.0477. The minimum atomic E-state index is -3.71. The topological polar surface area (TPSA) is 221 Å². The van der Waals surface area contributed by atoms with Gasteiger partial charge in [-0.1, -0.05) is 113 Å². The van der Waals surface area contributed by atoms with Gasteiger partial charge in [0.25, 0.3) is 0 Å². The molecule has 4 aromatic carbocycles. The molecule has 60 heavy (non-hydrogen) atoms. The van der Waals surface area contributed by atoms with E-state index in [1.165, 1.54) is 24.3 Å². The van der Waals surface area contributed by atoms with Crippen molar-refractivity contribution in [3.05, 3.63) is 136 Å². The molecule has 4 rings (SSSR count). The Kier molecular flexibility index (Phi) is 19.6. The standard InChI is InChI=1S/C43H54FN2O11P.CH4O/c1-42(2,32-11-5-29(6-12-32)37(51)46(23-27-49)24-28-50)33-13-7-30(8-14-33)38(52)56-40(54)58(44)41(55)57-39(53)31-9-15-34(16-10-31)43(3,4)35-17-19-36(20-18-35)45(21-25-47)22-26-48;1-2/h5-20,37-39,47-53H,21-28H2,1-4H3;2H,1H3. The third-order valence-corrected chi connectivity index (χ3v) is 11.2. The van der Waals surface area contributed by atoms with Crippen molar-refractivity contribution >= 4 is 25.3 Å². The maximum Gasteiger partial charge on any atom is 0.374 e. The summed E-state index contributed by atoms with van der Waals surface area (Å²) < 4.78 is 24.6. The van der Waals surface area contributed by atoms with Crippen LogP contribution in [0.3, 0.4) is 0 Å². The number of aliphatic hydroxyl groups is 8. The molecule has 4 unspecified atom stereocenters. The number of anilines is 1. The summed E-state index contributed by atoms with van der Waals surface area (Å²) in [4.78, 5) is 28.5. The van der Waals surface area contributed by atoms with Gasteiger partial charge in [-0.15, -0.1) is 0 Å². The van der Waals surface area contributed by atoms with Gasteiger partial charge in [-0.2, -0.15) is 0 Å². The van der Waals surface area contributed by atoms with Crippen molar-refractivity contribution in [3.8, 4) is 0 Å². The molecular weight excluding hydrogens is 798 g/mol. The van der Waals surface area contributed by atoms with Crippen molar-refractivity contribution in [2.45, 2.75) is 57.3 Å². The smallest absolute Gasteiger partial charge is 0.374 e. The minimum absolute atomic E-state index is 0.0500. The second kappa shape index (κ2) is 23.6.